The topological polar surface area (TPSA) is 52.6 Å². The summed E-state index contributed by atoms with van der Waals surface area (Å²) < 4.78 is 38.9. The van der Waals surface area contributed by atoms with Crippen LogP contribution in [0.2, 0.25) is 0 Å². The predicted molar refractivity (Wildman–Crippen MR) is 127 cm³/mol. The molecule has 10 rings (SSSR count). The summed E-state index contributed by atoms with van der Waals surface area (Å²) in [5, 5.41) is 0. The first kappa shape index (κ1) is 22.8. The number of fused-ring (bicyclic) bond motifs is 1. The van der Waals surface area contributed by atoms with Gasteiger partial charge in [0, 0.05) is 12.3 Å². The van der Waals surface area contributed by atoms with Gasteiger partial charge in [0.25, 0.3) is 0 Å². The zero-order valence-electron chi connectivity index (χ0n) is 21.5. The van der Waals surface area contributed by atoms with Crippen molar-refractivity contribution in [3.63, 3.8) is 0 Å². The third-order valence-corrected chi connectivity index (χ3v) is 13.1. The van der Waals surface area contributed by atoms with Crippen LogP contribution in [-0.4, -0.2) is 30.1 Å². The molecule has 0 radical (unpaired) electrons. The number of hydrogen-bond donors (Lipinski definition) is 0. The van der Waals surface area contributed by atoms with Gasteiger partial charge >= 0.3 is 17.9 Å². The van der Waals surface area contributed by atoms with Crippen molar-refractivity contribution in [3.8, 4) is 0 Å². The van der Waals surface area contributed by atoms with Crippen LogP contribution in [0.3, 0.4) is 0 Å². The summed E-state index contributed by atoms with van der Waals surface area (Å²) in [5.41, 5.74) is -0.588. The molecule has 9 unspecified atom stereocenters. The zero-order chi connectivity index (χ0) is 24.7. The summed E-state index contributed by atoms with van der Waals surface area (Å²) in [6, 6.07) is 0. The van der Waals surface area contributed by atoms with E-state index < -0.39 is 17.5 Å². The summed E-state index contributed by atoms with van der Waals surface area (Å²) in [7, 11) is 0. The number of halogens is 2. The number of esters is 2. The molecule has 198 valence electrons. The second kappa shape index (κ2) is 6.86. The lowest BCUT2D eigenvalue weighted by Gasteiger charge is -2.72. The van der Waals surface area contributed by atoms with Gasteiger partial charge in [-0.25, -0.2) is 4.79 Å². The van der Waals surface area contributed by atoms with Crippen LogP contribution < -0.4 is 0 Å². The van der Waals surface area contributed by atoms with E-state index in [0.29, 0.717) is 30.6 Å². The summed E-state index contributed by atoms with van der Waals surface area (Å²) in [6.45, 7) is 0.632. The van der Waals surface area contributed by atoms with Crippen LogP contribution in [0.1, 0.15) is 96.8 Å². The summed E-state index contributed by atoms with van der Waals surface area (Å²) in [4.78, 5) is 26.1. The molecule has 10 aliphatic rings. The first-order valence-electron chi connectivity index (χ1n) is 14.8. The lowest BCUT2D eigenvalue weighted by molar-refractivity contribution is -0.249. The highest BCUT2D eigenvalue weighted by Gasteiger charge is 2.70. The van der Waals surface area contributed by atoms with Gasteiger partial charge in [0.1, 0.15) is 5.60 Å². The highest BCUT2D eigenvalue weighted by Crippen LogP contribution is 2.76. The van der Waals surface area contributed by atoms with Crippen molar-refractivity contribution in [2.45, 2.75) is 108 Å². The van der Waals surface area contributed by atoms with Crippen LogP contribution in [0.25, 0.3) is 0 Å². The fraction of sp³-hybridized carbons (Fsp3) is 0.933. The Kier molecular flexibility index (Phi) is 4.34. The molecule has 0 saturated heterocycles. The lowest BCUT2D eigenvalue weighted by Crippen LogP contribution is -2.66. The molecule has 10 saturated carbocycles. The SMILES string of the molecule is CC(F)(F)C(=O)OCC12CC3CC(C1)CC(OC(=O)C14CCC56CC7CC(C5)C(C1)C(C7)C6C4)(C3)C2. The third kappa shape index (κ3) is 3.02. The molecular formula is C30H40F2O4. The van der Waals surface area contributed by atoms with Crippen LogP contribution in [0.4, 0.5) is 8.78 Å². The fourth-order valence-corrected chi connectivity index (χ4v) is 12.7. The van der Waals surface area contributed by atoms with Crippen LogP contribution in [0.5, 0.6) is 0 Å². The van der Waals surface area contributed by atoms with E-state index in [4.69, 9.17) is 9.47 Å². The minimum Gasteiger partial charge on any atom is -0.461 e. The average Bonchev–Trinajstić information content (AvgIpc) is 2.78. The molecule has 0 N–H and O–H groups in total. The van der Waals surface area contributed by atoms with E-state index in [0.717, 1.165) is 81.0 Å². The molecule has 11 bridgehead atoms. The number of rotatable bonds is 5. The van der Waals surface area contributed by atoms with Gasteiger partial charge in [-0.3, -0.25) is 4.79 Å². The molecule has 0 aromatic rings. The highest BCUT2D eigenvalue weighted by atomic mass is 19.3. The molecule has 0 aromatic heterocycles. The van der Waals surface area contributed by atoms with Crippen molar-refractivity contribution >= 4 is 11.9 Å². The van der Waals surface area contributed by atoms with E-state index in [-0.39, 0.29) is 23.4 Å². The Balaban J connectivity index is 1.04. The first-order chi connectivity index (χ1) is 17.0. The van der Waals surface area contributed by atoms with Gasteiger partial charge in [-0.05, 0) is 137 Å². The van der Waals surface area contributed by atoms with Crippen LogP contribution in [0, 0.1) is 57.7 Å². The first-order valence-corrected chi connectivity index (χ1v) is 14.8. The molecular weight excluding hydrogens is 462 g/mol. The molecule has 10 fully saturated rings. The van der Waals surface area contributed by atoms with Gasteiger partial charge in [-0.1, -0.05) is 0 Å². The summed E-state index contributed by atoms with van der Waals surface area (Å²) in [6.07, 6.45) is 15.3. The normalized spacial score (nSPS) is 55.1. The van der Waals surface area contributed by atoms with Crippen molar-refractivity contribution in [3.05, 3.63) is 0 Å². The maximum absolute atomic E-state index is 14.2. The second-order valence-electron chi connectivity index (χ2n) is 15.5. The van der Waals surface area contributed by atoms with E-state index in [1.165, 1.54) is 32.1 Å². The van der Waals surface area contributed by atoms with Crippen LogP contribution >= 0.6 is 0 Å². The Morgan fingerprint density at radius 2 is 1.64 bits per heavy atom. The predicted octanol–water partition coefficient (Wildman–Crippen LogP) is 6.31. The molecule has 4 nitrogen and oxygen atoms in total. The highest BCUT2D eigenvalue weighted by molar-refractivity contribution is 5.78. The van der Waals surface area contributed by atoms with Crippen molar-refractivity contribution < 1.29 is 27.8 Å². The number of alkyl halides is 2. The van der Waals surface area contributed by atoms with Gasteiger partial charge in [0.05, 0.1) is 12.0 Å². The van der Waals surface area contributed by atoms with Crippen molar-refractivity contribution in [2.24, 2.45) is 57.7 Å². The number of ether oxygens (including phenoxy) is 2. The molecule has 0 aromatic carbocycles. The van der Waals surface area contributed by atoms with E-state index in [2.05, 4.69) is 0 Å². The minimum atomic E-state index is -3.47. The molecule has 1 spiro atoms. The fourth-order valence-electron chi connectivity index (χ4n) is 12.7. The van der Waals surface area contributed by atoms with Gasteiger partial charge in [-0.15, -0.1) is 0 Å². The van der Waals surface area contributed by atoms with Gasteiger partial charge < -0.3 is 9.47 Å². The average molecular weight is 503 g/mol. The molecule has 10 aliphatic carbocycles. The lowest BCUT2D eigenvalue weighted by atomic mass is 9.33. The number of hydrogen-bond acceptors (Lipinski definition) is 4. The van der Waals surface area contributed by atoms with Crippen molar-refractivity contribution in [1.82, 2.24) is 0 Å². The summed E-state index contributed by atoms with van der Waals surface area (Å²) >= 11 is 0. The van der Waals surface area contributed by atoms with E-state index in [9.17, 15) is 18.4 Å². The molecule has 9 atom stereocenters. The molecule has 6 heteroatoms. The van der Waals surface area contributed by atoms with E-state index in [1.54, 1.807) is 0 Å². The number of carbonyl (C=O) groups excluding carboxylic acids is 2. The number of carbonyl (C=O) groups is 2. The smallest absolute Gasteiger partial charge is 0.376 e. The maximum Gasteiger partial charge on any atom is 0.376 e. The Morgan fingerprint density at radius 3 is 2.39 bits per heavy atom. The van der Waals surface area contributed by atoms with Crippen LogP contribution in [0.15, 0.2) is 0 Å². The largest absolute Gasteiger partial charge is 0.461 e. The van der Waals surface area contributed by atoms with Gasteiger partial charge in [0.2, 0.25) is 0 Å². The molecule has 0 heterocycles. The molecule has 0 aliphatic heterocycles. The Labute approximate surface area is 212 Å². The molecule has 0 amide bonds. The Hall–Kier alpha value is -1.20. The zero-order valence-corrected chi connectivity index (χ0v) is 21.5. The minimum absolute atomic E-state index is 0.0316. The van der Waals surface area contributed by atoms with Crippen molar-refractivity contribution in [1.29, 1.82) is 0 Å². The maximum atomic E-state index is 14.2. The monoisotopic (exact) mass is 502 g/mol. The molecule has 36 heavy (non-hydrogen) atoms. The standard InChI is InChI=1S/C30H40F2O4/c1-26(31,32)24(33)35-16-27-7-18-4-19(8-27)11-30(10-18,15-27)36-25(34)29-3-2-28-9-17-5-20(12-28)22(13-29)21(6-17)23(28)14-29/h17-23H,2-16H2,1H3. The van der Waals surface area contributed by atoms with Gasteiger partial charge in [0.15, 0.2) is 0 Å². The summed E-state index contributed by atoms with van der Waals surface area (Å²) in [5.74, 6) is 0.113. The van der Waals surface area contributed by atoms with E-state index in [1.807, 2.05) is 0 Å². The van der Waals surface area contributed by atoms with Gasteiger partial charge in [-0.2, -0.15) is 8.78 Å². The van der Waals surface area contributed by atoms with E-state index >= 15 is 0 Å². The Bertz CT molecular complexity index is 1000. The third-order valence-electron chi connectivity index (χ3n) is 13.1. The van der Waals surface area contributed by atoms with Crippen molar-refractivity contribution in [2.75, 3.05) is 6.61 Å². The Morgan fingerprint density at radius 1 is 0.861 bits per heavy atom. The van der Waals surface area contributed by atoms with Crippen LogP contribution in [-0.2, 0) is 19.1 Å². The quantitative estimate of drug-likeness (QED) is 0.414. The second-order valence-corrected chi connectivity index (χ2v) is 15.5.